The number of alkyl halides is 2. The van der Waals surface area contributed by atoms with Gasteiger partial charge in [-0.25, -0.2) is 0 Å². The van der Waals surface area contributed by atoms with Crippen LogP contribution in [0.25, 0.3) is 10.8 Å². The molecule has 0 radical (unpaired) electrons. The summed E-state index contributed by atoms with van der Waals surface area (Å²) in [5, 5.41) is 4.06. The second-order valence-electron chi connectivity index (χ2n) is 7.27. The Hall–Kier alpha value is -0.740. The average molecular weight is 514 g/mol. The van der Waals surface area contributed by atoms with Crippen LogP contribution in [0.2, 0.25) is 0 Å². The summed E-state index contributed by atoms with van der Waals surface area (Å²) in [6.07, 6.45) is 9.77. The molecule has 0 bridgehead atoms. The van der Waals surface area contributed by atoms with Crippen LogP contribution in [0.15, 0.2) is 24.3 Å². The maximum atomic E-state index is 6.12. The van der Waals surface area contributed by atoms with Crippen LogP contribution in [-0.4, -0.2) is 13.2 Å². The van der Waals surface area contributed by atoms with Gasteiger partial charge in [-0.2, -0.15) is 0 Å². The Morgan fingerprint density at radius 2 is 1.04 bits per heavy atom. The van der Waals surface area contributed by atoms with Gasteiger partial charge in [-0.1, -0.05) is 96.4 Å². The number of fused-ring (bicyclic) bond motifs is 1. The summed E-state index contributed by atoms with van der Waals surface area (Å²) in [7, 11) is 0. The molecule has 0 aliphatic heterocycles. The number of hydrogen-bond donors (Lipinski definition) is 0. The molecule has 0 aromatic heterocycles. The van der Waals surface area contributed by atoms with Gasteiger partial charge in [0.1, 0.15) is 11.5 Å². The first kappa shape index (κ1) is 23.5. The Morgan fingerprint density at radius 3 is 1.39 bits per heavy atom. The molecule has 156 valence electrons. The molecule has 0 amide bonds. The highest BCUT2D eigenvalue weighted by atomic mass is 79.9. The molecule has 2 rings (SSSR count). The van der Waals surface area contributed by atoms with E-state index in [1.165, 1.54) is 60.4 Å². The van der Waals surface area contributed by atoms with E-state index in [9.17, 15) is 0 Å². The molecule has 0 N–H and O–H groups in total. The molecule has 0 spiro atoms. The van der Waals surface area contributed by atoms with Gasteiger partial charge in [0.2, 0.25) is 0 Å². The quantitative estimate of drug-likeness (QED) is 0.186. The summed E-state index contributed by atoms with van der Waals surface area (Å²) in [4.78, 5) is 0. The first-order valence-electron chi connectivity index (χ1n) is 10.7. The van der Waals surface area contributed by atoms with Crippen molar-refractivity contribution < 1.29 is 9.47 Å². The van der Waals surface area contributed by atoms with Gasteiger partial charge in [0.15, 0.2) is 0 Å². The number of benzene rings is 2. The summed E-state index contributed by atoms with van der Waals surface area (Å²) in [5.74, 6) is 1.99. The van der Waals surface area contributed by atoms with E-state index in [2.05, 4.69) is 70.0 Å². The van der Waals surface area contributed by atoms with E-state index >= 15 is 0 Å². The summed E-state index contributed by atoms with van der Waals surface area (Å²) in [6, 6.07) is 8.61. The number of hydrogen-bond acceptors (Lipinski definition) is 2. The molecule has 0 aliphatic carbocycles. The number of ether oxygens (including phenoxy) is 2. The van der Waals surface area contributed by atoms with Crippen molar-refractivity contribution in [3.05, 3.63) is 35.4 Å². The van der Waals surface area contributed by atoms with Crippen molar-refractivity contribution >= 4 is 42.6 Å². The minimum atomic E-state index is 0.785. The fraction of sp³-hybridized carbons (Fsp3) is 0.583. The topological polar surface area (TPSA) is 18.5 Å². The second-order valence-corrected chi connectivity index (χ2v) is 8.39. The third-order valence-electron chi connectivity index (χ3n) is 5.12. The molecule has 0 fully saturated rings. The largest absolute Gasteiger partial charge is 0.493 e. The molecule has 0 atom stereocenters. The first-order valence-corrected chi connectivity index (χ1v) is 13.0. The lowest BCUT2D eigenvalue weighted by Crippen LogP contribution is -2.02. The van der Waals surface area contributed by atoms with Gasteiger partial charge in [-0.15, -0.1) is 0 Å². The lowest BCUT2D eigenvalue weighted by Gasteiger charge is -2.17. The lowest BCUT2D eigenvalue weighted by molar-refractivity contribution is 0.302. The molecule has 0 saturated carbocycles. The summed E-state index contributed by atoms with van der Waals surface area (Å²) >= 11 is 7.34. The molecule has 2 aromatic carbocycles. The van der Waals surface area contributed by atoms with E-state index in [1.807, 2.05) is 0 Å². The lowest BCUT2D eigenvalue weighted by atomic mass is 10.00. The minimum Gasteiger partial charge on any atom is -0.493 e. The van der Waals surface area contributed by atoms with Crippen LogP contribution in [0.4, 0.5) is 0 Å². The van der Waals surface area contributed by atoms with Gasteiger partial charge in [-0.05, 0) is 35.7 Å². The fourth-order valence-corrected chi connectivity index (χ4v) is 4.62. The van der Waals surface area contributed by atoms with Crippen molar-refractivity contribution in [1.82, 2.24) is 0 Å². The maximum absolute atomic E-state index is 6.12. The van der Waals surface area contributed by atoms with Crippen LogP contribution in [0.5, 0.6) is 11.5 Å². The fourth-order valence-electron chi connectivity index (χ4n) is 3.46. The molecule has 0 unspecified atom stereocenters. The Morgan fingerprint density at radius 1 is 0.607 bits per heavy atom. The van der Waals surface area contributed by atoms with Crippen LogP contribution in [-0.2, 0) is 10.7 Å². The third kappa shape index (κ3) is 6.66. The molecule has 4 heteroatoms. The monoisotopic (exact) mass is 512 g/mol. The van der Waals surface area contributed by atoms with E-state index in [1.54, 1.807) is 0 Å². The van der Waals surface area contributed by atoms with E-state index in [-0.39, 0.29) is 0 Å². The van der Waals surface area contributed by atoms with Crippen LogP contribution >= 0.6 is 31.9 Å². The summed E-state index contributed by atoms with van der Waals surface area (Å²) in [5.41, 5.74) is 2.45. The molecular weight excluding hydrogens is 480 g/mol. The van der Waals surface area contributed by atoms with Gasteiger partial charge in [0.05, 0.1) is 13.2 Å². The van der Waals surface area contributed by atoms with Gasteiger partial charge >= 0.3 is 0 Å². The molecule has 0 saturated heterocycles. The zero-order chi connectivity index (χ0) is 20.2. The number of halogens is 2. The SMILES string of the molecule is CCCCCCOc1ccc2c(CBr)c(OCCCCCC)ccc2c1CBr. The van der Waals surface area contributed by atoms with Gasteiger partial charge in [-0.3, -0.25) is 0 Å². The highest BCUT2D eigenvalue weighted by Gasteiger charge is 2.14. The Kier molecular flexibility index (Phi) is 11.3. The molecular formula is C24H34Br2O2. The summed E-state index contributed by atoms with van der Waals surface area (Å²) in [6.45, 7) is 6.04. The van der Waals surface area contributed by atoms with Crippen LogP contribution < -0.4 is 9.47 Å². The van der Waals surface area contributed by atoms with Crippen molar-refractivity contribution in [2.24, 2.45) is 0 Å². The van der Waals surface area contributed by atoms with Crippen molar-refractivity contribution in [3.8, 4) is 11.5 Å². The van der Waals surface area contributed by atoms with E-state index in [4.69, 9.17) is 9.47 Å². The average Bonchev–Trinajstić information content (AvgIpc) is 2.72. The molecule has 2 aromatic rings. The van der Waals surface area contributed by atoms with Gasteiger partial charge in [0.25, 0.3) is 0 Å². The van der Waals surface area contributed by atoms with Crippen LogP contribution in [0.1, 0.15) is 76.3 Å². The van der Waals surface area contributed by atoms with Crippen molar-refractivity contribution in [2.75, 3.05) is 13.2 Å². The molecule has 0 aliphatic rings. The number of rotatable bonds is 14. The minimum absolute atomic E-state index is 0.785. The van der Waals surface area contributed by atoms with E-state index in [0.717, 1.165) is 48.2 Å². The Bertz CT molecular complexity index is 654. The predicted molar refractivity (Wildman–Crippen MR) is 128 cm³/mol. The van der Waals surface area contributed by atoms with Crippen molar-refractivity contribution in [1.29, 1.82) is 0 Å². The second kappa shape index (κ2) is 13.5. The highest BCUT2D eigenvalue weighted by Crippen LogP contribution is 2.36. The molecule has 0 heterocycles. The maximum Gasteiger partial charge on any atom is 0.123 e. The zero-order valence-corrected chi connectivity index (χ0v) is 20.5. The van der Waals surface area contributed by atoms with Crippen LogP contribution in [0, 0.1) is 0 Å². The van der Waals surface area contributed by atoms with Crippen molar-refractivity contribution in [3.63, 3.8) is 0 Å². The van der Waals surface area contributed by atoms with E-state index < -0.39 is 0 Å². The Balaban J connectivity index is 2.16. The zero-order valence-electron chi connectivity index (χ0n) is 17.4. The van der Waals surface area contributed by atoms with Gasteiger partial charge in [0, 0.05) is 21.8 Å². The third-order valence-corrected chi connectivity index (χ3v) is 6.24. The normalized spacial score (nSPS) is 11.1. The molecule has 2 nitrogen and oxygen atoms in total. The molecule has 28 heavy (non-hydrogen) atoms. The standard InChI is InChI=1S/C24H34Br2O2/c1-3-5-7-9-15-27-23-13-11-20-19(21(23)17-25)12-14-24(22(20)18-26)28-16-10-8-6-4-2/h11-14H,3-10,15-18H2,1-2H3. The Labute approximate surface area is 187 Å². The predicted octanol–water partition coefficient (Wildman–Crippen LogP) is 8.55. The van der Waals surface area contributed by atoms with Gasteiger partial charge < -0.3 is 9.47 Å². The number of unbranched alkanes of at least 4 members (excludes halogenated alkanes) is 6. The highest BCUT2D eigenvalue weighted by molar-refractivity contribution is 9.08. The van der Waals surface area contributed by atoms with Crippen molar-refractivity contribution in [2.45, 2.75) is 75.9 Å². The van der Waals surface area contributed by atoms with Crippen LogP contribution in [0.3, 0.4) is 0 Å². The van der Waals surface area contributed by atoms with E-state index in [0.29, 0.717) is 0 Å². The summed E-state index contributed by atoms with van der Waals surface area (Å²) < 4.78 is 12.2. The first-order chi connectivity index (χ1) is 13.8. The smallest absolute Gasteiger partial charge is 0.123 e.